The van der Waals surface area contributed by atoms with Crippen LogP contribution in [0.4, 0.5) is 18.9 Å². The Hall–Kier alpha value is -2.77. The molecule has 2 aromatic carbocycles. The van der Waals surface area contributed by atoms with Crippen molar-refractivity contribution in [2.45, 2.75) is 6.18 Å². The van der Waals surface area contributed by atoms with Gasteiger partial charge in [0.25, 0.3) is 0 Å². The standard InChI is InChI=1S/C13H8F3NO4/c14-13(15,16)12(21)17-9-3-1-2-7-6(9)4-5-8(10(7)18)11(19)20/h1-5,18H,(H,17,21)(H,19,20). The first-order valence-corrected chi connectivity index (χ1v) is 5.58. The zero-order chi connectivity index (χ0) is 15.8. The van der Waals surface area contributed by atoms with Gasteiger partial charge in [-0.1, -0.05) is 18.2 Å². The lowest BCUT2D eigenvalue weighted by molar-refractivity contribution is -0.167. The number of rotatable bonds is 2. The molecule has 0 aliphatic rings. The molecule has 2 aromatic rings. The normalized spacial score (nSPS) is 11.4. The Morgan fingerprint density at radius 2 is 1.71 bits per heavy atom. The molecule has 0 heterocycles. The van der Waals surface area contributed by atoms with Crippen LogP contribution < -0.4 is 5.32 Å². The Bertz CT molecular complexity index is 740. The molecular weight excluding hydrogens is 291 g/mol. The van der Waals surface area contributed by atoms with Gasteiger partial charge in [-0.3, -0.25) is 4.79 Å². The molecule has 21 heavy (non-hydrogen) atoms. The van der Waals surface area contributed by atoms with Crippen LogP contribution in [0.15, 0.2) is 30.3 Å². The number of phenols is 1. The van der Waals surface area contributed by atoms with Gasteiger partial charge in [-0.25, -0.2) is 4.79 Å². The summed E-state index contributed by atoms with van der Waals surface area (Å²) in [5, 5.41) is 20.5. The van der Waals surface area contributed by atoms with E-state index in [2.05, 4.69) is 0 Å². The lowest BCUT2D eigenvalue weighted by atomic mass is 10.0. The van der Waals surface area contributed by atoms with E-state index in [1.54, 1.807) is 5.32 Å². The van der Waals surface area contributed by atoms with E-state index in [1.165, 1.54) is 24.3 Å². The molecule has 0 fully saturated rings. The third-order valence-electron chi connectivity index (χ3n) is 2.77. The average molecular weight is 299 g/mol. The number of carboxylic acids is 1. The van der Waals surface area contributed by atoms with E-state index < -0.39 is 23.8 Å². The number of anilines is 1. The number of benzene rings is 2. The summed E-state index contributed by atoms with van der Waals surface area (Å²) in [5.74, 6) is -4.11. The number of nitrogens with one attached hydrogen (secondary N) is 1. The third kappa shape index (κ3) is 2.73. The second-order valence-electron chi connectivity index (χ2n) is 4.12. The Morgan fingerprint density at radius 1 is 1.05 bits per heavy atom. The van der Waals surface area contributed by atoms with Crippen molar-refractivity contribution in [3.8, 4) is 5.75 Å². The number of hydrogen-bond acceptors (Lipinski definition) is 3. The van der Waals surface area contributed by atoms with Gasteiger partial charge >= 0.3 is 18.1 Å². The maximum Gasteiger partial charge on any atom is 0.471 e. The van der Waals surface area contributed by atoms with Gasteiger partial charge < -0.3 is 15.5 Å². The summed E-state index contributed by atoms with van der Waals surface area (Å²) >= 11 is 0. The van der Waals surface area contributed by atoms with Crippen LogP contribution in [0, 0.1) is 0 Å². The van der Waals surface area contributed by atoms with E-state index in [9.17, 15) is 27.9 Å². The molecule has 0 bridgehead atoms. The Kier molecular flexibility index (Phi) is 3.46. The number of carbonyl (C=O) groups is 2. The fourth-order valence-electron chi connectivity index (χ4n) is 1.82. The first-order chi connectivity index (χ1) is 9.71. The van der Waals surface area contributed by atoms with Gasteiger partial charge in [-0.15, -0.1) is 0 Å². The minimum Gasteiger partial charge on any atom is -0.506 e. The zero-order valence-corrected chi connectivity index (χ0v) is 10.2. The van der Waals surface area contributed by atoms with Crippen molar-refractivity contribution in [3.63, 3.8) is 0 Å². The number of alkyl halides is 3. The number of hydrogen-bond donors (Lipinski definition) is 3. The number of aromatic hydroxyl groups is 1. The second-order valence-corrected chi connectivity index (χ2v) is 4.12. The maximum absolute atomic E-state index is 12.2. The van der Waals surface area contributed by atoms with Gasteiger partial charge in [-0.2, -0.15) is 13.2 Å². The van der Waals surface area contributed by atoms with Crippen LogP contribution in [0.25, 0.3) is 10.8 Å². The van der Waals surface area contributed by atoms with E-state index in [-0.39, 0.29) is 22.0 Å². The molecule has 0 saturated carbocycles. The molecule has 0 spiro atoms. The van der Waals surface area contributed by atoms with Crippen molar-refractivity contribution in [1.29, 1.82) is 0 Å². The van der Waals surface area contributed by atoms with Gasteiger partial charge in [0.2, 0.25) is 0 Å². The highest BCUT2D eigenvalue weighted by atomic mass is 19.4. The van der Waals surface area contributed by atoms with E-state index in [1.807, 2.05) is 0 Å². The van der Waals surface area contributed by atoms with Crippen molar-refractivity contribution in [2.75, 3.05) is 5.32 Å². The van der Waals surface area contributed by atoms with Crippen molar-refractivity contribution < 1.29 is 33.0 Å². The largest absolute Gasteiger partial charge is 0.506 e. The van der Waals surface area contributed by atoms with Crippen LogP contribution >= 0.6 is 0 Å². The lowest BCUT2D eigenvalue weighted by Crippen LogP contribution is -2.29. The van der Waals surface area contributed by atoms with Crippen LogP contribution in [0.2, 0.25) is 0 Å². The van der Waals surface area contributed by atoms with Crippen molar-refractivity contribution in [3.05, 3.63) is 35.9 Å². The molecule has 0 radical (unpaired) electrons. The van der Waals surface area contributed by atoms with Crippen LogP contribution in [0.3, 0.4) is 0 Å². The summed E-state index contributed by atoms with van der Waals surface area (Å²) < 4.78 is 36.7. The first-order valence-electron chi connectivity index (χ1n) is 5.58. The number of carbonyl (C=O) groups excluding carboxylic acids is 1. The highest BCUT2D eigenvalue weighted by molar-refractivity contribution is 6.08. The SMILES string of the molecule is O=C(O)c1ccc2c(NC(=O)C(F)(F)F)cccc2c1O. The fourth-order valence-corrected chi connectivity index (χ4v) is 1.82. The molecule has 0 atom stereocenters. The van der Waals surface area contributed by atoms with Gasteiger partial charge in [-0.05, 0) is 12.1 Å². The molecule has 3 N–H and O–H groups in total. The van der Waals surface area contributed by atoms with E-state index in [0.29, 0.717) is 0 Å². The fraction of sp³-hybridized carbons (Fsp3) is 0.0769. The topological polar surface area (TPSA) is 86.6 Å². The van der Waals surface area contributed by atoms with Gasteiger partial charge in [0, 0.05) is 16.5 Å². The summed E-state index contributed by atoms with van der Waals surface area (Å²) in [6.45, 7) is 0. The molecule has 0 unspecified atom stereocenters. The molecule has 110 valence electrons. The summed E-state index contributed by atoms with van der Waals surface area (Å²) in [5.41, 5.74) is -0.566. The molecule has 5 nitrogen and oxygen atoms in total. The molecule has 0 aliphatic carbocycles. The highest BCUT2D eigenvalue weighted by Crippen LogP contribution is 2.33. The smallest absolute Gasteiger partial charge is 0.471 e. The third-order valence-corrected chi connectivity index (χ3v) is 2.77. The molecule has 1 amide bonds. The van der Waals surface area contributed by atoms with Gasteiger partial charge in [0.1, 0.15) is 11.3 Å². The molecule has 2 rings (SSSR count). The highest BCUT2D eigenvalue weighted by Gasteiger charge is 2.38. The average Bonchev–Trinajstić information content (AvgIpc) is 2.38. The Labute approximate surface area is 115 Å². The number of carboxylic acid groups (broad SMARTS) is 1. The van der Waals surface area contributed by atoms with Gasteiger partial charge in [0.15, 0.2) is 0 Å². The molecule has 0 aliphatic heterocycles. The predicted octanol–water partition coefficient (Wildman–Crippen LogP) is 2.74. The number of aromatic carboxylic acids is 1. The number of halogens is 3. The lowest BCUT2D eigenvalue weighted by Gasteiger charge is -2.12. The van der Waals surface area contributed by atoms with Crippen LogP contribution in [-0.4, -0.2) is 28.3 Å². The van der Waals surface area contributed by atoms with Crippen LogP contribution in [0.5, 0.6) is 5.75 Å². The second kappa shape index (κ2) is 4.97. The summed E-state index contributed by atoms with van der Waals surface area (Å²) in [7, 11) is 0. The molecule has 0 aromatic heterocycles. The summed E-state index contributed by atoms with van der Waals surface area (Å²) in [6, 6.07) is 6.10. The van der Waals surface area contributed by atoms with Crippen LogP contribution in [0.1, 0.15) is 10.4 Å². The predicted molar refractivity (Wildman–Crippen MR) is 67.3 cm³/mol. The Balaban J connectivity index is 2.55. The minimum atomic E-state index is -5.05. The molecule has 8 heteroatoms. The molecule has 0 saturated heterocycles. The summed E-state index contributed by atoms with van der Waals surface area (Å²) in [6.07, 6.45) is -5.05. The Morgan fingerprint density at radius 3 is 2.29 bits per heavy atom. The number of fused-ring (bicyclic) bond motifs is 1. The first kappa shape index (κ1) is 14.6. The monoisotopic (exact) mass is 299 g/mol. The minimum absolute atomic E-state index is 0.0230. The van der Waals surface area contributed by atoms with Crippen LogP contribution in [-0.2, 0) is 4.79 Å². The van der Waals surface area contributed by atoms with Crippen molar-refractivity contribution >= 4 is 28.3 Å². The molecular formula is C13H8F3NO4. The maximum atomic E-state index is 12.2. The van der Waals surface area contributed by atoms with Crippen molar-refractivity contribution in [2.24, 2.45) is 0 Å². The zero-order valence-electron chi connectivity index (χ0n) is 10.2. The van der Waals surface area contributed by atoms with E-state index in [4.69, 9.17) is 5.11 Å². The van der Waals surface area contributed by atoms with E-state index >= 15 is 0 Å². The van der Waals surface area contributed by atoms with Crippen molar-refractivity contribution in [1.82, 2.24) is 0 Å². The van der Waals surface area contributed by atoms with Gasteiger partial charge in [0.05, 0.1) is 0 Å². The van der Waals surface area contributed by atoms with E-state index in [0.717, 1.165) is 6.07 Å². The summed E-state index contributed by atoms with van der Waals surface area (Å²) in [4.78, 5) is 21.8. The quantitative estimate of drug-likeness (QED) is 0.795. The number of amides is 1.